The second-order valence-electron chi connectivity index (χ2n) is 10.5. The number of carbonyl (C=O) groups is 2. The van der Waals surface area contributed by atoms with Crippen LogP contribution < -0.4 is 19.7 Å². The van der Waals surface area contributed by atoms with Gasteiger partial charge in [0.15, 0.2) is 0 Å². The number of rotatable bonds is 9. The van der Waals surface area contributed by atoms with E-state index >= 15 is 0 Å². The van der Waals surface area contributed by atoms with Crippen LogP contribution in [0.4, 0.5) is 10.5 Å². The van der Waals surface area contributed by atoms with E-state index in [1.54, 1.807) is 52.2 Å². The Hall–Kier alpha value is -4.08. The van der Waals surface area contributed by atoms with E-state index in [0.29, 0.717) is 40.0 Å². The molecule has 0 fully saturated rings. The van der Waals surface area contributed by atoms with E-state index in [1.165, 1.54) is 4.90 Å². The molecular formula is C31H32Cl2N4O5. The summed E-state index contributed by atoms with van der Waals surface area (Å²) in [6, 6.07) is 16.4. The van der Waals surface area contributed by atoms with E-state index in [0.717, 1.165) is 16.6 Å². The van der Waals surface area contributed by atoms with Gasteiger partial charge in [-0.25, -0.2) is 14.8 Å². The lowest BCUT2D eigenvalue weighted by Gasteiger charge is -2.23. The number of para-hydroxylation sites is 1. The molecule has 0 spiro atoms. The summed E-state index contributed by atoms with van der Waals surface area (Å²) in [4.78, 5) is 35.0. The highest BCUT2D eigenvalue weighted by Crippen LogP contribution is 2.36. The Morgan fingerprint density at radius 2 is 1.79 bits per heavy atom. The second-order valence-corrected chi connectivity index (χ2v) is 11.3. The smallest absolute Gasteiger partial charge is 0.408 e. The van der Waals surface area contributed by atoms with Crippen molar-refractivity contribution in [1.82, 2.24) is 15.3 Å². The molecule has 4 aromatic rings. The number of pyridine rings is 2. The third kappa shape index (κ3) is 7.80. The highest BCUT2D eigenvalue weighted by Gasteiger charge is 2.21. The Balaban J connectivity index is 1.51. The molecule has 0 unspecified atom stereocenters. The van der Waals surface area contributed by atoms with Gasteiger partial charge in [-0.05, 0) is 58.0 Å². The molecule has 0 aliphatic heterocycles. The number of likely N-dealkylation sites (N-methyl/N-ethyl adjacent to an activating group) is 1. The molecule has 9 nitrogen and oxygen atoms in total. The summed E-state index contributed by atoms with van der Waals surface area (Å²) in [7, 11) is 1.56. The Morgan fingerprint density at radius 3 is 2.50 bits per heavy atom. The van der Waals surface area contributed by atoms with Crippen LogP contribution in [0.25, 0.3) is 10.9 Å². The van der Waals surface area contributed by atoms with E-state index in [4.69, 9.17) is 42.4 Å². The largest absolute Gasteiger partial charge is 0.487 e. The van der Waals surface area contributed by atoms with Gasteiger partial charge in [-0.2, -0.15) is 0 Å². The summed E-state index contributed by atoms with van der Waals surface area (Å²) < 4.78 is 17.3. The van der Waals surface area contributed by atoms with Gasteiger partial charge in [0.25, 0.3) is 0 Å². The highest BCUT2D eigenvalue weighted by atomic mass is 35.5. The maximum Gasteiger partial charge on any atom is 0.408 e. The number of hydrogen-bond donors (Lipinski definition) is 1. The SMILES string of the molecule is Cc1cc(COc2ccccn2)c2cccc(OCc3c(Cl)ccc(N(C)C(=O)CNC(=O)OC(C)(C)C)c3Cl)c2n1. The number of ether oxygens (including phenoxy) is 3. The van der Waals surface area contributed by atoms with Gasteiger partial charge >= 0.3 is 6.09 Å². The Labute approximate surface area is 254 Å². The first-order valence-electron chi connectivity index (χ1n) is 13.2. The first-order valence-corrected chi connectivity index (χ1v) is 13.9. The molecule has 220 valence electrons. The van der Waals surface area contributed by atoms with E-state index < -0.39 is 17.6 Å². The first kappa shape index (κ1) is 30.9. The Bertz CT molecular complexity index is 1590. The number of nitrogens with one attached hydrogen (secondary N) is 1. The first-order chi connectivity index (χ1) is 19.9. The minimum absolute atomic E-state index is 0.0260. The van der Waals surface area contributed by atoms with E-state index in [2.05, 4.69) is 10.3 Å². The summed E-state index contributed by atoms with van der Waals surface area (Å²) in [5, 5.41) is 3.97. The molecule has 2 amide bonds. The second kappa shape index (κ2) is 13.3. The van der Waals surface area contributed by atoms with Crippen LogP contribution in [-0.2, 0) is 22.7 Å². The number of carbonyl (C=O) groups excluding carboxylic acids is 2. The van der Waals surface area contributed by atoms with Crippen molar-refractivity contribution in [3.05, 3.63) is 87.7 Å². The predicted octanol–water partition coefficient (Wildman–Crippen LogP) is 6.89. The minimum Gasteiger partial charge on any atom is -0.487 e. The lowest BCUT2D eigenvalue weighted by atomic mass is 10.1. The fourth-order valence-corrected chi connectivity index (χ4v) is 4.70. The molecule has 2 aromatic heterocycles. The quantitative estimate of drug-likeness (QED) is 0.220. The van der Waals surface area contributed by atoms with Crippen LogP contribution >= 0.6 is 23.2 Å². The van der Waals surface area contributed by atoms with Crippen LogP contribution in [-0.4, -0.2) is 41.2 Å². The zero-order valence-corrected chi connectivity index (χ0v) is 25.5. The fourth-order valence-electron chi connectivity index (χ4n) is 4.10. The van der Waals surface area contributed by atoms with Crippen molar-refractivity contribution in [3.8, 4) is 11.6 Å². The number of benzene rings is 2. The Kier molecular flexibility index (Phi) is 9.75. The molecule has 2 aromatic carbocycles. The van der Waals surface area contributed by atoms with Gasteiger partial charge in [0.2, 0.25) is 11.8 Å². The molecule has 0 aliphatic rings. The molecule has 11 heteroatoms. The predicted molar refractivity (Wildman–Crippen MR) is 163 cm³/mol. The third-order valence-electron chi connectivity index (χ3n) is 6.09. The van der Waals surface area contributed by atoms with Gasteiger partial charge in [0.05, 0.1) is 10.7 Å². The van der Waals surface area contributed by atoms with Crippen molar-refractivity contribution in [2.24, 2.45) is 0 Å². The van der Waals surface area contributed by atoms with E-state index in [9.17, 15) is 9.59 Å². The molecular weight excluding hydrogens is 579 g/mol. The summed E-state index contributed by atoms with van der Waals surface area (Å²) >= 11 is 13.2. The zero-order valence-electron chi connectivity index (χ0n) is 24.0. The van der Waals surface area contributed by atoms with Crippen molar-refractivity contribution in [2.45, 2.75) is 46.5 Å². The maximum atomic E-state index is 12.8. The molecule has 4 rings (SSSR count). The van der Waals surface area contributed by atoms with Crippen LogP contribution in [0.5, 0.6) is 11.6 Å². The van der Waals surface area contributed by atoms with Gasteiger partial charge in [-0.3, -0.25) is 4.79 Å². The minimum atomic E-state index is -0.689. The van der Waals surface area contributed by atoms with Crippen molar-refractivity contribution in [1.29, 1.82) is 0 Å². The number of amides is 2. The molecule has 1 N–H and O–H groups in total. The summed E-state index contributed by atoms with van der Waals surface area (Å²) in [5.41, 5.74) is 2.64. The van der Waals surface area contributed by atoms with Crippen LogP contribution in [0.15, 0.2) is 60.8 Å². The molecule has 0 aliphatic carbocycles. The van der Waals surface area contributed by atoms with Gasteiger partial charge in [0.1, 0.15) is 36.6 Å². The number of alkyl carbamates (subject to hydrolysis) is 1. The average Bonchev–Trinajstić information content (AvgIpc) is 2.94. The highest BCUT2D eigenvalue weighted by molar-refractivity contribution is 6.38. The van der Waals surface area contributed by atoms with Gasteiger partial charge < -0.3 is 24.4 Å². The lowest BCUT2D eigenvalue weighted by Crippen LogP contribution is -2.40. The number of fused-ring (bicyclic) bond motifs is 1. The summed E-state index contributed by atoms with van der Waals surface area (Å²) in [6.07, 6.45) is 0.989. The van der Waals surface area contributed by atoms with Crippen molar-refractivity contribution >= 4 is 51.8 Å². The lowest BCUT2D eigenvalue weighted by molar-refractivity contribution is -0.117. The topological polar surface area (TPSA) is 103 Å². The number of aromatic nitrogens is 2. The zero-order chi connectivity index (χ0) is 30.4. The Morgan fingerprint density at radius 1 is 1.00 bits per heavy atom. The number of aryl methyl sites for hydroxylation is 1. The molecule has 0 saturated carbocycles. The monoisotopic (exact) mass is 610 g/mol. The fraction of sp³-hybridized carbons (Fsp3) is 0.290. The average molecular weight is 612 g/mol. The molecule has 2 heterocycles. The number of anilines is 1. The van der Waals surface area contributed by atoms with Gasteiger partial charge in [0, 0.05) is 46.5 Å². The molecule has 42 heavy (non-hydrogen) atoms. The van der Waals surface area contributed by atoms with Crippen molar-refractivity contribution < 1.29 is 23.8 Å². The van der Waals surface area contributed by atoms with E-state index in [-0.39, 0.29) is 18.2 Å². The van der Waals surface area contributed by atoms with Crippen LogP contribution in [0.1, 0.15) is 37.6 Å². The van der Waals surface area contributed by atoms with E-state index in [1.807, 2.05) is 43.3 Å². The summed E-state index contributed by atoms with van der Waals surface area (Å²) in [6.45, 7) is 7.19. The van der Waals surface area contributed by atoms with Gasteiger partial charge in [-0.1, -0.05) is 41.4 Å². The standard InChI is InChI=1S/C31H32Cl2N4O5/c1-19-15-20(17-41-26-11-6-7-14-34-26)21-9-8-10-25(29(21)36-19)40-18-22-23(32)12-13-24(28(22)33)37(5)27(38)16-35-30(39)42-31(2,3)4/h6-15H,16-18H2,1-5H3,(H,35,39). The number of nitrogens with zero attached hydrogens (tertiary/aromatic N) is 3. The number of halogens is 2. The molecule has 0 bridgehead atoms. The number of hydrogen-bond acceptors (Lipinski definition) is 7. The third-order valence-corrected chi connectivity index (χ3v) is 6.86. The molecule has 0 atom stereocenters. The van der Waals surface area contributed by atoms with Crippen LogP contribution in [0.3, 0.4) is 0 Å². The summed E-state index contributed by atoms with van der Waals surface area (Å²) in [5.74, 6) is 0.672. The molecule has 0 saturated heterocycles. The van der Waals surface area contributed by atoms with Crippen molar-refractivity contribution in [3.63, 3.8) is 0 Å². The van der Waals surface area contributed by atoms with Crippen molar-refractivity contribution in [2.75, 3.05) is 18.5 Å². The van der Waals surface area contributed by atoms with Crippen LogP contribution in [0.2, 0.25) is 10.0 Å². The normalized spacial score (nSPS) is 11.2. The maximum absolute atomic E-state index is 12.8. The van der Waals surface area contributed by atoms with Gasteiger partial charge in [-0.15, -0.1) is 0 Å². The van der Waals surface area contributed by atoms with Crippen LogP contribution in [0, 0.1) is 6.92 Å². The molecule has 0 radical (unpaired) electrons.